The summed E-state index contributed by atoms with van der Waals surface area (Å²) in [5, 5.41) is 12.5. The minimum atomic E-state index is -0.192. The number of nitrogens with zero attached hydrogens (tertiary/aromatic N) is 4. The van der Waals surface area contributed by atoms with E-state index in [0.717, 1.165) is 42.7 Å². The van der Waals surface area contributed by atoms with Gasteiger partial charge in [0.15, 0.2) is 0 Å². The minimum Gasteiger partial charge on any atom is -0.325 e. The van der Waals surface area contributed by atoms with Crippen LogP contribution in [0.3, 0.4) is 0 Å². The van der Waals surface area contributed by atoms with Crippen molar-refractivity contribution in [3.05, 3.63) is 46.1 Å². The molecule has 0 fully saturated rings. The van der Waals surface area contributed by atoms with Gasteiger partial charge in [-0.2, -0.15) is 10.2 Å². The van der Waals surface area contributed by atoms with Crippen molar-refractivity contribution in [2.45, 2.75) is 26.6 Å². The molecule has 2 aromatic heterocycles. The highest BCUT2D eigenvalue weighted by molar-refractivity contribution is 5.88. The molecule has 1 aliphatic heterocycles. The zero-order chi connectivity index (χ0) is 16.7. The number of aromatic amines is 1. The zero-order valence-corrected chi connectivity index (χ0v) is 13.6. The summed E-state index contributed by atoms with van der Waals surface area (Å²) < 4.78 is 2.07. The molecule has 0 unspecified atom stereocenters. The van der Waals surface area contributed by atoms with Crippen LogP contribution in [0.15, 0.2) is 29.2 Å². The van der Waals surface area contributed by atoms with Gasteiger partial charge in [-0.3, -0.25) is 14.4 Å². The summed E-state index contributed by atoms with van der Waals surface area (Å²) in [5.41, 5.74) is 9.65. The van der Waals surface area contributed by atoms with Gasteiger partial charge in [0, 0.05) is 30.6 Å². The van der Waals surface area contributed by atoms with Crippen molar-refractivity contribution < 1.29 is 0 Å². The number of H-pyrrole nitrogens is 1. The van der Waals surface area contributed by atoms with E-state index in [1.807, 2.05) is 24.4 Å². The summed E-state index contributed by atoms with van der Waals surface area (Å²) in [6, 6.07) is 5.82. The lowest BCUT2D eigenvalue weighted by molar-refractivity contribution is 0.224. The van der Waals surface area contributed by atoms with Gasteiger partial charge in [-0.1, -0.05) is 13.0 Å². The van der Waals surface area contributed by atoms with Gasteiger partial charge in [-0.15, -0.1) is 0 Å². The van der Waals surface area contributed by atoms with Gasteiger partial charge in [0.1, 0.15) is 0 Å². The van der Waals surface area contributed by atoms with E-state index in [0.29, 0.717) is 11.1 Å². The zero-order valence-electron chi connectivity index (χ0n) is 13.6. The first-order valence-corrected chi connectivity index (χ1v) is 8.20. The Labute approximate surface area is 139 Å². The highest BCUT2D eigenvalue weighted by atomic mass is 16.1. The van der Waals surface area contributed by atoms with E-state index in [1.54, 1.807) is 0 Å². The Balaban J connectivity index is 1.86. The molecule has 24 heavy (non-hydrogen) atoms. The average molecular weight is 324 g/mol. The largest absolute Gasteiger partial charge is 0.325 e. The molecule has 0 radical (unpaired) electrons. The summed E-state index contributed by atoms with van der Waals surface area (Å²) in [6.45, 7) is 6.31. The molecule has 1 aliphatic rings. The van der Waals surface area contributed by atoms with Crippen molar-refractivity contribution in [2.75, 3.05) is 13.1 Å². The number of hydrogen-bond acceptors (Lipinski definition) is 5. The van der Waals surface area contributed by atoms with Crippen molar-refractivity contribution in [1.29, 1.82) is 0 Å². The average Bonchev–Trinajstić information content (AvgIpc) is 3.04. The Morgan fingerprint density at radius 2 is 2.17 bits per heavy atom. The second-order valence-electron chi connectivity index (χ2n) is 6.06. The molecule has 1 aromatic carbocycles. The van der Waals surface area contributed by atoms with E-state index in [4.69, 9.17) is 5.73 Å². The molecular weight excluding hydrogens is 304 g/mol. The van der Waals surface area contributed by atoms with Gasteiger partial charge in [0.25, 0.3) is 5.56 Å². The lowest BCUT2D eigenvalue weighted by atomic mass is 10.0. The first kappa shape index (κ1) is 15.0. The third kappa shape index (κ3) is 2.33. The van der Waals surface area contributed by atoms with Crippen LogP contribution in [0, 0.1) is 0 Å². The predicted octanol–water partition coefficient (Wildman–Crippen LogP) is 1.08. The summed E-state index contributed by atoms with van der Waals surface area (Å²) >= 11 is 0. The smallest absolute Gasteiger partial charge is 0.272 e. The van der Waals surface area contributed by atoms with Gasteiger partial charge in [0.2, 0.25) is 0 Å². The summed E-state index contributed by atoms with van der Waals surface area (Å²) in [5.74, 6) is 0. The fraction of sp³-hybridized carbons (Fsp3) is 0.353. The van der Waals surface area contributed by atoms with E-state index in [1.165, 1.54) is 5.69 Å². The van der Waals surface area contributed by atoms with Gasteiger partial charge < -0.3 is 5.73 Å². The Bertz CT molecular complexity index is 957. The molecule has 124 valence electrons. The molecule has 0 spiro atoms. The fourth-order valence-electron chi connectivity index (χ4n) is 3.35. The van der Waals surface area contributed by atoms with Gasteiger partial charge in [-0.05, 0) is 24.2 Å². The molecule has 3 heterocycles. The summed E-state index contributed by atoms with van der Waals surface area (Å²) in [7, 11) is 0. The van der Waals surface area contributed by atoms with Crippen molar-refractivity contribution in [2.24, 2.45) is 5.73 Å². The van der Waals surface area contributed by atoms with Gasteiger partial charge >= 0.3 is 0 Å². The fourth-order valence-corrected chi connectivity index (χ4v) is 3.35. The third-order valence-corrected chi connectivity index (χ3v) is 4.77. The van der Waals surface area contributed by atoms with Crippen LogP contribution in [0.2, 0.25) is 0 Å². The second-order valence-corrected chi connectivity index (χ2v) is 6.06. The number of hydrogen-bond donors (Lipinski definition) is 2. The Kier molecular flexibility index (Phi) is 3.66. The molecule has 0 bridgehead atoms. The van der Waals surface area contributed by atoms with Crippen LogP contribution < -0.4 is 11.3 Å². The maximum Gasteiger partial charge on any atom is 0.272 e. The lowest BCUT2D eigenvalue weighted by Crippen LogP contribution is -2.33. The molecule has 4 rings (SSSR count). The predicted molar refractivity (Wildman–Crippen MR) is 92.4 cm³/mol. The Morgan fingerprint density at radius 1 is 1.29 bits per heavy atom. The van der Waals surface area contributed by atoms with Gasteiger partial charge in [0.05, 0.1) is 29.5 Å². The number of benzene rings is 1. The topological polar surface area (TPSA) is 92.8 Å². The summed E-state index contributed by atoms with van der Waals surface area (Å²) in [6.07, 6.45) is 1.92. The number of rotatable bonds is 3. The van der Waals surface area contributed by atoms with Crippen LogP contribution in [0.4, 0.5) is 0 Å². The third-order valence-electron chi connectivity index (χ3n) is 4.77. The highest BCUT2D eigenvalue weighted by Gasteiger charge is 2.20. The first-order chi connectivity index (χ1) is 11.7. The maximum atomic E-state index is 12.0. The minimum absolute atomic E-state index is 0.192. The van der Waals surface area contributed by atoms with Crippen LogP contribution >= 0.6 is 0 Å². The summed E-state index contributed by atoms with van der Waals surface area (Å²) in [4.78, 5) is 14.4. The van der Waals surface area contributed by atoms with Crippen LogP contribution in [0.1, 0.15) is 18.3 Å². The highest BCUT2D eigenvalue weighted by Crippen LogP contribution is 2.29. The Morgan fingerprint density at radius 3 is 2.96 bits per heavy atom. The van der Waals surface area contributed by atoms with Crippen LogP contribution in [0.5, 0.6) is 0 Å². The maximum absolute atomic E-state index is 12.0. The monoisotopic (exact) mass is 324 g/mol. The molecule has 0 saturated carbocycles. The number of fused-ring (bicyclic) bond motifs is 2. The molecule has 0 atom stereocenters. The molecule has 0 saturated heterocycles. The van der Waals surface area contributed by atoms with E-state index < -0.39 is 0 Å². The molecule has 3 aromatic rings. The van der Waals surface area contributed by atoms with Crippen molar-refractivity contribution >= 4 is 10.8 Å². The molecule has 0 aliphatic carbocycles. The van der Waals surface area contributed by atoms with E-state index in [-0.39, 0.29) is 12.1 Å². The van der Waals surface area contributed by atoms with E-state index in [2.05, 4.69) is 31.8 Å². The molecule has 7 nitrogen and oxygen atoms in total. The SMILES string of the molecule is CCN1CCn2ncc(-c3ccc4c(=O)[nH]nc(CN)c4c3)c2C1. The Hall–Kier alpha value is -2.51. The van der Waals surface area contributed by atoms with E-state index in [9.17, 15) is 4.79 Å². The lowest BCUT2D eigenvalue weighted by Gasteiger charge is -2.27. The van der Waals surface area contributed by atoms with Crippen LogP contribution in [-0.4, -0.2) is 38.0 Å². The molecule has 7 heteroatoms. The van der Waals surface area contributed by atoms with E-state index >= 15 is 0 Å². The molecular formula is C17H20N6O. The number of likely N-dealkylation sites (N-methyl/N-ethyl adjacent to an activating group) is 1. The number of nitrogens with one attached hydrogen (secondary N) is 1. The van der Waals surface area contributed by atoms with Gasteiger partial charge in [-0.25, -0.2) is 5.10 Å². The van der Waals surface area contributed by atoms with Crippen molar-refractivity contribution in [3.63, 3.8) is 0 Å². The normalized spacial score (nSPS) is 14.9. The molecule has 3 N–H and O–H groups in total. The quantitative estimate of drug-likeness (QED) is 0.752. The second kappa shape index (κ2) is 5.85. The standard InChI is InChI=1S/C17H20N6O/c1-2-22-5-6-23-16(10-22)14(9-19-23)11-3-4-12-13(7-11)15(8-18)20-21-17(12)24/h3-4,7,9H,2,5-6,8,10,18H2,1H3,(H,21,24). The van der Waals surface area contributed by atoms with Crippen molar-refractivity contribution in [3.8, 4) is 11.1 Å². The first-order valence-electron chi connectivity index (χ1n) is 8.20. The number of nitrogens with two attached hydrogens (primary N) is 1. The number of aromatic nitrogens is 4. The van der Waals surface area contributed by atoms with Crippen LogP contribution in [-0.2, 0) is 19.6 Å². The molecule has 0 amide bonds. The van der Waals surface area contributed by atoms with Crippen LogP contribution in [0.25, 0.3) is 21.9 Å². The van der Waals surface area contributed by atoms with Crippen molar-refractivity contribution in [1.82, 2.24) is 24.9 Å².